The lowest BCUT2D eigenvalue weighted by Gasteiger charge is -2.38. The first-order chi connectivity index (χ1) is 38.3. The average molecular weight is 1000 g/mol. The van der Waals surface area contributed by atoms with Crippen LogP contribution in [0.15, 0.2) is 264 Å². The molecule has 2 atom stereocenters. The summed E-state index contributed by atoms with van der Waals surface area (Å²) in [6, 6.07) is 87.0. The summed E-state index contributed by atoms with van der Waals surface area (Å²) in [5, 5.41) is 6.84. The molecule has 2 aromatic heterocycles. The molecule has 0 bridgehead atoms. The van der Waals surface area contributed by atoms with Crippen LogP contribution < -0.4 is 4.90 Å². The molecule has 3 aliphatic rings. The molecule has 11 aromatic carbocycles. The van der Waals surface area contributed by atoms with Gasteiger partial charge in [-0.1, -0.05) is 233 Å². The fourth-order valence-electron chi connectivity index (χ4n) is 14.1. The lowest BCUT2D eigenvalue weighted by molar-refractivity contribution is 0.605. The summed E-state index contributed by atoms with van der Waals surface area (Å²) in [5.41, 5.74) is 22.0. The highest BCUT2D eigenvalue weighted by Gasteiger charge is 2.50. The Morgan fingerprint density at radius 2 is 1.06 bits per heavy atom. The van der Waals surface area contributed by atoms with Gasteiger partial charge in [0.25, 0.3) is 0 Å². The summed E-state index contributed by atoms with van der Waals surface area (Å²) in [5.74, 6) is 0.0803. The highest BCUT2D eigenvalue weighted by Crippen LogP contribution is 2.63. The van der Waals surface area contributed by atoms with Gasteiger partial charge in [0.05, 0.1) is 17.1 Å². The monoisotopic (exact) mass is 999 g/mol. The van der Waals surface area contributed by atoms with Crippen molar-refractivity contribution in [1.29, 1.82) is 0 Å². The Bertz CT molecular complexity index is 4630. The van der Waals surface area contributed by atoms with Gasteiger partial charge in [-0.15, -0.1) is 0 Å². The molecule has 13 aromatic rings. The van der Waals surface area contributed by atoms with Crippen LogP contribution >= 0.6 is 0 Å². The predicted molar refractivity (Wildman–Crippen MR) is 324 cm³/mol. The van der Waals surface area contributed by atoms with Gasteiger partial charge in [-0.3, -0.25) is 0 Å². The second-order valence-corrected chi connectivity index (χ2v) is 22.3. The molecule has 0 fully saturated rings. The number of furan rings is 2. The van der Waals surface area contributed by atoms with Crippen molar-refractivity contribution in [3.63, 3.8) is 0 Å². The van der Waals surface area contributed by atoms with E-state index in [0.29, 0.717) is 0 Å². The van der Waals surface area contributed by atoms with Gasteiger partial charge in [-0.2, -0.15) is 0 Å². The van der Waals surface area contributed by atoms with Crippen molar-refractivity contribution in [3.8, 4) is 33.4 Å². The smallest absolute Gasteiger partial charge is 0.159 e. The molecular weight excluding hydrogens is 947 g/mol. The molecule has 3 aliphatic carbocycles. The van der Waals surface area contributed by atoms with E-state index in [4.69, 9.17) is 8.83 Å². The standard InChI is InChI=1S/C75H53NO2/c1-46-42-50(52-34-38-57-56-24-12-15-27-61(56)74(2,3)63(57)44-52)35-41-65(46)76(55-36-32-48(33-37-55)51-31-30-47-18-10-11-19-49(47)43-51)66-45-64-70(69-60-26-14-17-29-68(60)78-73(66)69)71-62(40-39-59-58-25-13-16-28-67(58)77-72(59)71)75(64,53-20-6-4-7-21-53)54-22-8-5-9-23-54/h4-46,65H,1-3H3. The minimum absolute atomic E-state index is 0.0803. The van der Waals surface area contributed by atoms with Crippen LogP contribution in [-0.2, 0) is 10.8 Å². The van der Waals surface area contributed by atoms with Crippen LogP contribution in [0.3, 0.4) is 0 Å². The van der Waals surface area contributed by atoms with E-state index in [1.807, 2.05) is 0 Å². The fourth-order valence-corrected chi connectivity index (χ4v) is 14.1. The zero-order valence-corrected chi connectivity index (χ0v) is 43.7. The van der Waals surface area contributed by atoms with Gasteiger partial charge < -0.3 is 13.7 Å². The Morgan fingerprint density at radius 3 is 1.83 bits per heavy atom. The SMILES string of the molecule is CC1C=C(c2ccc3c(c2)C(C)(C)c2ccccc2-3)C=CC1N(c1ccc(-c2ccc3ccccc3c2)cc1)c1cc2c(c3c1oc1ccccc13)-c1c(ccc3c1oc1ccccc13)C2(c1ccccc1)c1ccccc1. The van der Waals surface area contributed by atoms with Crippen molar-refractivity contribution in [2.24, 2.45) is 5.92 Å². The fraction of sp³-hybridized carbons (Fsp3) is 0.0933. The Balaban J connectivity index is 0.957. The topological polar surface area (TPSA) is 29.5 Å². The van der Waals surface area contributed by atoms with Gasteiger partial charge in [0.1, 0.15) is 16.7 Å². The summed E-state index contributed by atoms with van der Waals surface area (Å²) >= 11 is 0. The van der Waals surface area contributed by atoms with Crippen molar-refractivity contribution in [3.05, 3.63) is 294 Å². The predicted octanol–water partition coefficient (Wildman–Crippen LogP) is 19.8. The van der Waals surface area contributed by atoms with Crippen LogP contribution in [0.25, 0.3) is 93.6 Å². The van der Waals surface area contributed by atoms with Gasteiger partial charge >= 0.3 is 0 Å². The first-order valence-electron chi connectivity index (χ1n) is 27.4. The lowest BCUT2D eigenvalue weighted by atomic mass is 9.67. The van der Waals surface area contributed by atoms with Crippen LogP contribution in [0.2, 0.25) is 0 Å². The minimum atomic E-state index is -0.741. The zero-order valence-electron chi connectivity index (χ0n) is 43.7. The molecule has 0 spiro atoms. The molecule has 78 heavy (non-hydrogen) atoms. The maximum absolute atomic E-state index is 7.40. The number of hydrogen-bond acceptors (Lipinski definition) is 3. The van der Waals surface area contributed by atoms with Gasteiger partial charge in [0.2, 0.25) is 0 Å². The molecule has 2 unspecified atom stereocenters. The van der Waals surface area contributed by atoms with Crippen molar-refractivity contribution in [2.75, 3.05) is 4.90 Å². The maximum Gasteiger partial charge on any atom is 0.159 e. The van der Waals surface area contributed by atoms with Crippen LogP contribution in [0.4, 0.5) is 11.4 Å². The third-order valence-corrected chi connectivity index (χ3v) is 17.8. The number of allylic oxidation sites excluding steroid dienone is 2. The Morgan fingerprint density at radius 1 is 0.436 bits per heavy atom. The van der Waals surface area contributed by atoms with Crippen LogP contribution in [-0.4, -0.2) is 6.04 Å². The quantitative estimate of drug-likeness (QED) is 0.159. The second-order valence-electron chi connectivity index (χ2n) is 22.3. The molecule has 0 radical (unpaired) electrons. The number of nitrogens with zero attached hydrogens (tertiary/aromatic N) is 1. The van der Waals surface area contributed by atoms with Crippen molar-refractivity contribution in [2.45, 2.75) is 37.6 Å². The number of fused-ring (bicyclic) bond motifs is 15. The molecule has 0 saturated carbocycles. The van der Waals surface area contributed by atoms with Crippen LogP contribution in [0.5, 0.6) is 0 Å². The zero-order chi connectivity index (χ0) is 51.9. The Hall–Kier alpha value is -9.44. The molecule has 0 aliphatic heterocycles. The maximum atomic E-state index is 7.40. The highest BCUT2D eigenvalue weighted by atomic mass is 16.3. The van der Waals surface area contributed by atoms with E-state index in [2.05, 4.69) is 280 Å². The van der Waals surface area contributed by atoms with Gasteiger partial charge in [0, 0.05) is 43.8 Å². The Labute approximate surface area is 453 Å². The van der Waals surface area contributed by atoms with E-state index in [1.54, 1.807) is 0 Å². The van der Waals surface area contributed by atoms with Crippen LogP contribution in [0.1, 0.15) is 59.7 Å². The van der Waals surface area contributed by atoms with E-state index in [-0.39, 0.29) is 17.4 Å². The van der Waals surface area contributed by atoms with Gasteiger partial charge in [0.15, 0.2) is 5.58 Å². The summed E-state index contributed by atoms with van der Waals surface area (Å²) in [6.07, 6.45) is 7.31. The molecule has 2 heterocycles. The van der Waals surface area contributed by atoms with Crippen molar-refractivity contribution >= 4 is 71.6 Å². The second kappa shape index (κ2) is 16.8. The first kappa shape index (κ1) is 44.8. The van der Waals surface area contributed by atoms with E-state index >= 15 is 0 Å². The van der Waals surface area contributed by atoms with E-state index in [1.165, 1.54) is 77.5 Å². The molecular formula is C75H53NO2. The number of anilines is 2. The van der Waals surface area contributed by atoms with Crippen LogP contribution in [0, 0.1) is 5.92 Å². The molecule has 16 rings (SSSR count). The first-order valence-corrected chi connectivity index (χ1v) is 27.4. The number of hydrogen-bond donors (Lipinski definition) is 0. The van der Waals surface area contributed by atoms with Gasteiger partial charge in [-0.05, 0) is 126 Å². The third kappa shape index (κ3) is 6.33. The van der Waals surface area contributed by atoms with Crippen molar-refractivity contribution < 1.29 is 8.83 Å². The number of benzene rings is 11. The summed E-state index contributed by atoms with van der Waals surface area (Å²) in [7, 11) is 0. The summed E-state index contributed by atoms with van der Waals surface area (Å²) < 4.78 is 14.5. The summed E-state index contributed by atoms with van der Waals surface area (Å²) in [4.78, 5) is 2.58. The largest absolute Gasteiger partial charge is 0.455 e. The van der Waals surface area contributed by atoms with E-state index in [0.717, 1.165) is 66.4 Å². The normalized spacial score (nSPS) is 16.6. The van der Waals surface area contributed by atoms with E-state index < -0.39 is 5.41 Å². The third-order valence-electron chi connectivity index (χ3n) is 17.8. The molecule has 0 amide bonds. The molecule has 0 saturated heterocycles. The Kier molecular flexibility index (Phi) is 9.64. The van der Waals surface area contributed by atoms with E-state index in [9.17, 15) is 0 Å². The van der Waals surface area contributed by atoms with Gasteiger partial charge in [-0.25, -0.2) is 0 Å². The number of rotatable bonds is 7. The molecule has 3 nitrogen and oxygen atoms in total. The molecule has 3 heteroatoms. The summed E-state index contributed by atoms with van der Waals surface area (Å²) in [6.45, 7) is 7.12. The highest BCUT2D eigenvalue weighted by molar-refractivity contribution is 6.23. The van der Waals surface area contributed by atoms with Crippen molar-refractivity contribution in [1.82, 2.24) is 0 Å². The average Bonchev–Trinajstić information content (AvgIpc) is 3.70. The lowest BCUT2D eigenvalue weighted by Crippen LogP contribution is -2.36. The molecule has 0 N–H and O–H groups in total. The molecule has 370 valence electrons. The minimum Gasteiger partial charge on any atom is -0.455 e. The number of para-hydroxylation sites is 2.